The maximum absolute atomic E-state index is 13.9. The summed E-state index contributed by atoms with van der Waals surface area (Å²) in [5.74, 6) is -2.97. The lowest BCUT2D eigenvalue weighted by molar-refractivity contribution is -0.0500. The molecule has 2 aromatic heterocycles. The fourth-order valence-electron chi connectivity index (χ4n) is 5.29. The van der Waals surface area contributed by atoms with E-state index in [1.54, 1.807) is 37.7 Å². The summed E-state index contributed by atoms with van der Waals surface area (Å²) in [5, 5.41) is 17.5. The zero-order chi connectivity index (χ0) is 29.5. The monoisotopic (exact) mass is 578 g/mol. The maximum Gasteiger partial charge on any atom is 0.408 e. The summed E-state index contributed by atoms with van der Waals surface area (Å²) >= 11 is -1.42. The molecule has 220 valence electrons. The van der Waals surface area contributed by atoms with Crippen LogP contribution in [0.2, 0.25) is 0 Å². The lowest BCUT2D eigenvalue weighted by atomic mass is 9.64. The first-order chi connectivity index (χ1) is 18.5. The number of hydrogen-bond donors (Lipinski definition) is 2. The second-order valence-electron chi connectivity index (χ2n) is 13.1. The van der Waals surface area contributed by atoms with Gasteiger partial charge in [-0.25, -0.2) is 23.1 Å². The van der Waals surface area contributed by atoms with Gasteiger partial charge < -0.3 is 14.6 Å². The number of aromatic nitrogens is 3. The molecule has 9 nitrogen and oxygen atoms in total. The van der Waals surface area contributed by atoms with E-state index in [1.807, 2.05) is 26.8 Å². The van der Waals surface area contributed by atoms with Crippen LogP contribution in [0.3, 0.4) is 0 Å². The number of amides is 1. The topological polar surface area (TPSA) is 127 Å². The Morgan fingerprint density at radius 2 is 1.88 bits per heavy atom. The number of carbonyl (C=O) groups excluding carboxylic acids is 1. The van der Waals surface area contributed by atoms with E-state index in [9.17, 15) is 23.4 Å². The van der Waals surface area contributed by atoms with Crippen LogP contribution in [-0.2, 0) is 16.1 Å². The third-order valence-corrected chi connectivity index (χ3v) is 9.28. The van der Waals surface area contributed by atoms with Crippen LogP contribution in [0.1, 0.15) is 110 Å². The van der Waals surface area contributed by atoms with E-state index in [-0.39, 0.29) is 31.6 Å². The molecule has 1 unspecified atom stereocenters. The van der Waals surface area contributed by atoms with Gasteiger partial charge in [0.1, 0.15) is 10.3 Å². The van der Waals surface area contributed by atoms with Gasteiger partial charge in [0, 0.05) is 24.2 Å². The Balaban J connectivity index is 1.67. The summed E-state index contributed by atoms with van der Waals surface area (Å²) in [4.78, 5) is 17.5. The highest BCUT2D eigenvalue weighted by Gasteiger charge is 2.49. The quantitative estimate of drug-likeness (QED) is 0.391. The van der Waals surface area contributed by atoms with E-state index in [1.165, 1.54) is 0 Å². The summed E-state index contributed by atoms with van der Waals surface area (Å²) in [6.45, 7) is 10.9. The SMILES string of the molecule is CC(C)(C)OC(=O)N[C@H](c1cn2ncc([C@H](N[S+]([O-])C(C)(C)C)C3(C#N)CCC3)cc2n1)C1CCC(F)(F)CC1. The van der Waals surface area contributed by atoms with Gasteiger partial charge in [-0.3, -0.25) is 0 Å². The van der Waals surface area contributed by atoms with Crippen LogP contribution in [-0.4, -0.2) is 41.5 Å². The molecule has 3 atom stereocenters. The molecule has 2 aliphatic carbocycles. The van der Waals surface area contributed by atoms with Crippen molar-refractivity contribution in [3.05, 3.63) is 29.7 Å². The molecule has 0 bridgehead atoms. The van der Waals surface area contributed by atoms with Crippen molar-refractivity contribution in [3.63, 3.8) is 0 Å². The van der Waals surface area contributed by atoms with Crippen LogP contribution in [0, 0.1) is 22.7 Å². The highest BCUT2D eigenvalue weighted by molar-refractivity contribution is 7.90. The summed E-state index contributed by atoms with van der Waals surface area (Å²) in [6.07, 6.45) is 4.92. The van der Waals surface area contributed by atoms with E-state index >= 15 is 0 Å². The third kappa shape index (κ3) is 6.86. The molecule has 2 aromatic rings. The molecule has 2 saturated carbocycles. The normalized spacial score (nSPS) is 21.6. The van der Waals surface area contributed by atoms with Gasteiger partial charge in [-0.2, -0.15) is 10.4 Å². The van der Waals surface area contributed by atoms with Crippen molar-refractivity contribution in [2.75, 3.05) is 0 Å². The van der Waals surface area contributed by atoms with Crippen molar-refractivity contribution in [2.24, 2.45) is 11.3 Å². The van der Waals surface area contributed by atoms with Gasteiger partial charge in [-0.15, -0.1) is 4.72 Å². The summed E-state index contributed by atoms with van der Waals surface area (Å²) in [7, 11) is 0. The molecule has 0 aliphatic heterocycles. The Hall–Kier alpha value is -2.49. The predicted octanol–water partition coefficient (Wildman–Crippen LogP) is 5.91. The number of nitrogens with zero attached hydrogens (tertiary/aromatic N) is 4. The maximum atomic E-state index is 13.9. The predicted molar refractivity (Wildman–Crippen MR) is 148 cm³/mol. The van der Waals surface area contributed by atoms with E-state index in [4.69, 9.17) is 9.72 Å². The Bertz CT molecular complexity index is 1250. The first kappa shape index (κ1) is 30.5. The number of ether oxygens (including phenoxy) is 1. The summed E-state index contributed by atoms with van der Waals surface area (Å²) < 4.78 is 50.7. The molecule has 2 aliphatic rings. The Kier molecular flexibility index (Phi) is 8.43. The molecule has 4 rings (SSSR count). The van der Waals surface area contributed by atoms with Crippen molar-refractivity contribution < 1.29 is 22.9 Å². The van der Waals surface area contributed by atoms with Crippen molar-refractivity contribution >= 4 is 23.1 Å². The van der Waals surface area contributed by atoms with Crippen molar-refractivity contribution in [3.8, 4) is 6.07 Å². The van der Waals surface area contributed by atoms with Gasteiger partial charge in [0.05, 0.1) is 41.7 Å². The van der Waals surface area contributed by atoms with Crippen LogP contribution < -0.4 is 10.0 Å². The largest absolute Gasteiger partial charge is 0.598 e. The molecule has 2 N–H and O–H groups in total. The van der Waals surface area contributed by atoms with Crippen LogP contribution >= 0.6 is 0 Å². The molecular formula is C28H40F2N6O3S. The number of imidazole rings is 1. The highest BCUT2D eigenvalue weighted by Crippen LogP contribution is 2.50. The Morgan fingerprint density at radius 1 is 1.23 bits per heavy atom. The van der Waals surface area contributed by atoms with Crippen LogP contribution in [0.15, 0.2) is 18.5 Å². The average molecular weight is 579 g/mol. The van der Waals surface area contributed by atoms with Gasteiger partial charge in [0.15, 0.2) is 5.65 Å². The van der Waals surface area contributed by atoms with Gasteiger partial charge in [0.2, 0.25) is 5.92 Å². The second kappa shape index (κ2) is 11.1. The highest BCUT2D eigenvalue weighted by atomic mass is 32.2. The zero-order valence-electron chi connectivity index (χ0n) is 24.1. The number of fused-ring (bicyclic) bond motifs is 1. The van der Waals surface area contributed by atoms with Gasteiger partial charge in [-0.05, 0) is 84.8 Å². The number of nitriles is 1. The molecular weight excluding hydrogens is 538 g/mol. The Morgan fingerprint density at radius 3 is 2.40 bits per heavy atom. The molecule has 1 amide bonds. The fraction of sp³-hybridized carbons (Fsp3) is 0.714. The molecule has 0 spiro atoms. The van der Waals surface area contributed by atoms with Crippen molar-refractivity contribution in [1.82, 2.24) is 24.6 Å². The number of carbonyl (C=O) groups is 1. The fourth-order valence-corrected chi connectivity index (χ4v) is 6.22. The summed E-state index contributed by atoms with van der Waals surface area (Å²) in [6, 6.07) is 3.11. The minimum absolute atomic E-state index is 0.231. The second-order valence-corrected chi connectivity index (χ2v) is 15.1. The number of alkyl halides is 2. The molecule has 2 fully saturated rings. The molecule has 2 heterocycles. The zero-order valence-corrected chi connectivity index (χ0v) is 24.9. The van der Waals surface area contributed by atoms with E-state index in [0.29, 0.717) is 29.7 Å². The lowest BCUT2D eigenvalue weighted by Gasteiger charge is -2.42. The van der Waals surface area contributed by atoms with Crippen molar-refractivity contribution in [2.45, 2.75) is 115 Å². The minimum atomic E-state index is -2.71. The van der Waals surface area contributed by atoms with Crippen LogP contribution in [0.25, 0.3) is 5.65 Å². The minimum Gasteiger partial charge on any atom is -0.598 e. The third-order valence-electron chi connectivity index (χ3n) is 7.72. The van der Waals surface area contributed by atoms with Crippen molar-refractivity contribution in [1.29, 1.82) is 5.26 Å². The number of nitrogens with one attached hydrogen (secondary N) is 2. The number of alkyl carbamates (subject to hydrolysis) is 1. The van der Waals surface area contributed by atoms with Crippen LogP contribution in [0.4, 0.5) is 13.6 Å². The van der Waals surface area contributed by atoms with E-state index < -0.39 is 51.2 Å². The smallest absolute Gasteiger partial charge is 0.408 e. The summed E-state index contributed by atoms with van der Waals surface area (Å²) in [5.41, 5.74) is 0.233. The molecule has 0 radical (unpaired) electrons. The number of halogens is 2. The molecule has 0 aromatic carbocycles. The van der Waals surface area contributed by atoms with Gasteiger partial charge in [0.25, 0.3) is 0 Å². The van der Waals surface area contributed by atoms with Crippen LogP contribution in [0.5, 0.6) is 0 Å². The Labute approximate surface area is 237 Å². The first-order valence-electron chi connectivity index (χ1n) is 13.8. The molecule has 12 heteroatoms. The standard InChI is InChI=1S/C28H40F2N6O3S/c1-25(2,3)39-24(37)34-22(18-8-12-28(29,30)13-9-18)20-16-36-21(33-20)14-19(15-32-36)23(27(17-31)10-7-11-27)35-40(38)26(4,5)6/h14-16,18,22-23,35H,7-13H2,1-6H3,(H,34,37)/t22-,23-,40?/m0/s1. The van der Waals surface area contributed by atoms with E-state index in [2.05, 4.69) is 21.2 Å². The number of rotatable bonds is 7. The number of hydrogen-bond acceptors (Lipinski definition) is 7. The van der Waals surface area contributed by atoms with E-state index in [0.717, 1.165) is 6.42 Å². The average Bonchev–Trinajstić information content (AvgIpc) is 3.23. The van der Waals surface area contributed by atoms with Gasteiger partial charge >= 0.3 is 6.09 Å². The molecule has 40 heavy (non-hydrogen) atoms. The lowest BCUT2D eigenvalue weighted by Crippen LogP contribution is -2.49. The van der Waals surface area contributed by atoms with Gasteiger partial charge in [-0.1, -0.05) is 6.42 Å². The molecule has 0 saturated heterocycles. The first-order valence-corrected chi connectivity index (χ1v) is 15.0.